The summed E-state index contributed by atoms with van der Waals surface area (Å²) in [6.07, 6.45) is 0.0366. The molecule has 0 radical (unpaired) electrons. The third-order valence-corrected chi connectivity index (χ3v) is 5.31. The molecule has 4 amide bonds. The second-order valence-electron chi connectivity index (χ2n) is 7.98. The lowest BCUT2D eigenvalue weighted by molar-refractivity contribution is -0.143. The molecular weight excluding hydrogens is 446 g/mol. The molecule has 188 valence electrons. The van der Waals surface area contributed by atoms with E-state index in [2.05, 4.69) is 16.0 Å². The lowest BCUT2D eigenvalue weighted by Gasteiger charge is -2.25. The van der Waals surface area contributed by atoms with E-state index in [1.165, 1.54) is 0 Å². The molecule has 12 nitrogen and oxygen atoms in total. The molecular formula is C22H33N5O7. The minimum atomic E-state index is -1.59. The fraction of sp³-hybridized carbons (Fsp3) is 0.500. The van der Waals surface area contributed by atoms with Crippen LogP contribution in [0.3, 0.4) is 0 Å². The van der Waals surface area contributed by atoms with E-state index in [0.717, 1.165) is 0 Å². The van der Waals surface area contributed by atoms with Crippen molar-refractivity contribution in [3.05, 3.63) is 35.9 Å². The standard InChI is InChI=1S/C22H33N5O7/c1-3-12(2)18(24)21(32)26-15(10-17(23)29)20(31)25-14(9-13-7-5-4-6-8-13)19(30)27-16(11-28)22(33)34/h4-8,12,14-16,18,28H,3,9-11,24H2,1-2H3,(H2,23,29)(H,25,31)(H,26,32)(H,27,30)(H,33,34). The Morgan fingerprint density at radius 2 is 1.44 bits per heavy atom. The van der Waals surface area contributed by atoms with Crippen LogP contribution in [0.1, 0.15) is 32.3 Å². The van der Waals surface area contributed by atoms with E-state index in [9.17, 15) is 29.1 Å². The van der Waals surface area contributed by atoms with Crippen LogP contribution in [0.2, 0.25) is 0 Å². The first-order valence-electron chi connectivity index (χ1n) is 10.8. The Labute approximate surface area is 197 Å². The van der Waals surface area contributed by atoms with Gasteiger partial charge in [0.15, 0.2) is 0 Å². The number of carboxylic acid groups (broad SMARTS) is 1. The summed E-state index contributed by atoms with van der Waals surface area (Å²) >= 11 is 0. The van der Waals surface area contributed by atoms with Crippen molar-refractivity contribution < 1.29 is 34.2 Å². The van der Waals surface area contributed by atoms with Crippen LogP contribution < -0.4 is 27.4 Å². The van der Waals surface area contributed by atoms with Gasteiger partial charge in [-0.15, -0.1) is 0 Å². The molecule has 34 heavy (non-hydrogen) atoms. The van der Waals surface area contributed by atoms with Crippen LogP contribution in [-0.2, 0) is 30.4 Å². The van der Waals surface area contributed by atoms with Gasteiger partial charge in [-0.25, -0.2) is 4.79 Å². The van der Waals surface area contributed by atoms with Gasteiger partial charge in [-0.1, -0.05) is 50.6 Å². The highest BCUT2D eigenvalue weighted by atomic mass is 16.4. The Bertz CT molecular complexity index is 864. The Hall–Kier alpha value is -3.51. The molecule has 5 atom stereocenters. The van der Waals surface area contributed by atoms with E-state index in [1.807, 2.05) is 6.92 Å². The first-order valence-corrected chi connectivity index (χ1v) is 10.8. The molecule has 12 heteroatoms. The zero-order valence-corrected chi connectivity index (χ0v) is 19.2. The molecule has 0 spiro atoms. The van der Waals surface area contributed by atoms with Gasteiger partial charge < -0.3 is 37.6 Å². The van der Waals surface area contributed by atoms with E-state index in [1.54, 1.807) is 37.3 Å². The molecule has 5 unspecified atom stereocenters. The molecule has 0 aliphatic heterocycles. The van der Waals surface area contributed by atoms with E-state index in [4.69, 9.17) is 16.6 Å². The first kappa shape index (κ1) is 28.5. The van der Waals surface area contributed by atoms with Crippen molar-refractivity contribution in [3.8, 4) is 0 Å². The Kier molecular flexibility index (Phi) is 11.7. The lowest BCUT2D eigenvalue weighted by Crippen LogP contribution is -2.59. The predicted molar refractivity (Wildman–Crippen MR) is 122 cm³/mol. The number of aliphatic hydroxyl groups excluding tert-OH is 1. The number of primary amides is 1. The van der Waals surface area contributed by atoms with Gasteiger partial charge in [0.1, 0.15) is 18.1 Å². The fourth-order valence-corrected chi connectivity index (χ4v) is 2.98. The molecule has 0 aromatic heterocycles. The Morgan fingerprint density at radius 1 is 0.912 bits per heavy atom. The van der Waals surface area contributed by atoms with Crippen molar-refractivity contribution in [2.45, 2.75) is 57.3 Å². The third kappa shape index (κ3) is 9.16. The van der Waals surface area contributed by atoms with Crippen LogP contribution in [0, 0.1) is 5.92 Å². The maximum Gasteiger partial charge on any atom is 0.328 e. The molecule has 1 rings (SSSR count). The molecule has 9 N–H and O–H groups in total. The average molecular weight is 480 g/mol. The van der Waals surface area contributed by atoms with Gasteiger partial charge in [0.25, 0.3) is 0 Å². The number of carbonyl (C=O) groups excluding carboxylic acids is 4. The fourth-order valence-electron chi connectivity index (χ4n) is 2.98. The number of nitrogens with one attached hydrogen (secondary N) is 3. The zero-order valence-electron chi connectivity index (χ0n) is 19.2. The van der Waals surface area contributed by atoms with Crippen LogP contribution >= 0.6 is 0 Å². The molecule has 0 saturated heterocycles. The SMILES string of the molecule is CCC(C)C(N)C(=O)NC(CC(N)=O)C(=O)NC(Cc1ccccc1)C(=O)NC(CO)C(=O)O. The highest BCUT2D eigenvalue weighted by molar-refractivity contribution is 5.96. The van der Waals surface area contributed by atoms with E-state index < -0.39 is 66.8 Å². The topological polar surface area (TPSA) is 214 Å². The summed E-state index contributed by atoms with van der Waals surface area (Å²) in [5.74, 6) is -4.94. The number of benzene rings is 1. The van der Waals surface area contributed by atoms with Gasteiger partial charge in [-0.2, -0.15) is 0 Å². The normalized spacial score (nSPS) is 15.2. The lowest BCUT2D eigenvalue weighted by atomic mass is 9.98. The Morgan fingerprint density at radius 3 is 1.94 bits per heavy atom. The number of aliphatic hydroxyl groups is 1. The summed E-state index contributed by atoms with van der Waals surface area (Å²) in [5, 5.41) is 25.3. The van der Waals surface area contributed by atoms with Crippen molar-refractivity contribution >= 4 is 29.6 Å². The summed E-state index contributed by atoms with van der Waals surface area (Å²) in [6, 6.07) is 3.37. The summed E-state index contributed by atoms with van der Waals surface area (Å²) in [4.78, 5) is 60.9. The molecule has 0 fully saturated rings. The molecule has 1 aromatic carbocycles. The summed E-state index contributed by atoms with van der Waals surface area (Å²) in [6.45, 7) is 2.74. The van der Waals surface area contributed by atoms with Crippen LogP contribution in [-0.4, -0.2) is 70.6 Å². The van der Waals surface area contributed by atoms with Gasteiger partial charge in [-0.3, -0.25) is 19.2 Å². The van der Waals surface area contributed by atoms with Gasteiger partial charge >= 0.3 is 5.97 Å². The monoisotopic (exact) mass is 479 g/mol. The van der Waals surface area contributed by atoms with Gasteiger partial charge in [0.05, 0.1) is 19.1 Å². The molecule has 1 aromatic rings. The summed E-state index contributed by atoms with van der Waals surface area (Å²) in [7, 11) is 0. The number of aliphatic carboxylic acids is 1. The maximum atomic E-state index is 13.0. The average Bonchev–Trinajstić information content (AvgIpc) is 2.80. The number of carbonyl (C=O) groups is 5. The second kappa shape index (κ2) is 13.9. The van der Waals surface area contributed by atoms with E-state index in [0.29, 0.717) is 12.0 Å². The van der Waals surface area contributed by atoms with E-state index >= 15 is 0 Å². The van der Waals surface area contributed by atoms with Crippen molar-refractivity contribution in [3.63, 3.8) is 0 Å². The number of nitrogens with two attached hydrogens (primary N) is 2. The minimum absolute atomic E-state index is 0.0280. The predicted octanol–water partition coefficient (Wildman–Crippen LogP) is -1.99. The minimum Gasteiger partial charge on any atom is -0.480 e. The quantitative estimate of drug-likeness (QED) is 0.158. The van der Waals surface area contributed by atoms with Crippen molar-refractivity contribution in [1.82, 2.24) is 16.0 Å². The van der Waals surface area contributed by atoms with Crippen molar-refractivity contribution in [2.24, 2.45) is 17.4 Å². The number of hydrogen-bond donors (Lipinski definition) is 7. The third-order valence-electron chi connectivity index (χ3n) is 5.31. The van der Waals surface area contributed by atoms with Gasteiger partial charge in [0.2, 0.25) is 23.6 Å². The van der Waals surface area contributed by atoms with E-state index in [-0.39, 0.29) is 12.3 Å². The van der Waals surface area contributed by atoms with Crippen LogP contribution in [0.15, 0.2) is 30.3 Å². The van der Waals surface area contributed by atoms with Gasteiger partial charge in [-0.05, 0) is 11.5 Å². The van der Waals surface area contributed by atoms with Crippen molar-refractivity contribution in [2.75, 3.05) is 6.61 Å². The summed E-state index contributed by atoms with van der Waals surface area (Å²) < 4.78 is 0. The Balaban J connectivity index is 3.10. The van der Waals surface area contributed by atoms with Crippen LogP contribution in [0.5, 0.6) is 0 Å². The summed E-state index contributed by atoms with van der Waals surface area (Å²) in [5.41, 5.74) is 11.8. The van der Waals surface area contributed by atoms with Crippen molar-refractivity contribution in [1.29, 1.82) is 0 Å². The highest BCUT2D eigenvalue weighted by Crippen LogP contribution is 2.08. The zero-order chi connectivity index (χ0) is 25.8. The maximum absolute atomic E-state index is 13.0. The van der Waals surface area contributed by atoms with Crippen LogP contribution in [0.25, 0.3) is 0 Å². The first-order chi connectivity index (χ1) is 16.0. The number of amides is 4. The highest BCUT2D eigenvalue weighted by Gasteiger charge is 2.31. The molecule has 0 heterocycles. The molecule has 0 aliphatic carbocycles. The van der Waals surface area contributed by atoms with Gasteiger partial charge in [0, 0.05) is 6.42 Å². The van der Waals surface area contributed by atoms with Crippen LogP contribution in [0.4, 0.5) is 0 Å². The molecule has 0 aliphatic rings. The largest absolute Gasteiger partial charge is 0.480 e. The number of hydrogen-bond acceptors (Lipinski definition) is 7. The molecule has 0 bridgehead atoms. The number of carboxylic acids is 1. The number of rotatable bonds is 14. The molecule has 0 saturated carbocycles. The second-order valence-corrected chi connectivity index (χ2v) is 7.98. The smallest absolute Gasteiger partial charge is 0.328 e.